The molecule has 0 aliphatic rings. The van der Waals surface area contributed by atoms with Gasteiger partial charge in [-0.15, -0.1) is 6.58 Å². The molecule has 3 N–H and O–H groups in total. The van der Waals surface area contributed by atoms with Crippen LogP contribution in [0.3, 0.4) is 0 Å². The second-order valence-corrected chi connectivity index (χ2v) is 2.92. The van der Waals surface area contributed by atoms with Crippen molar-refractivity contribution in [2.75, 3.05) is 0 Å². The molecule has 4 heteroatoms. The number of carbonyl (C=O) groups is 1. The fourth-order valence-electron chi connectivity index (χ4n) is 0.858. The first-order chi connectivity index (χ1) is 6.10. The summed E-state index contributed by atoms with van der Waals surface area (Å²) >= 11 is 0. The summed E-state index contributed by atoms with van der Waals surface area (Å²) in [6.45, 7) is 7.70. The minimum absolute atomic E-state index is 0.369. The van der Waals surface area contributed by atoms with Crippen LogP contribution in [-0.2, 0) is 0 Å². The molecule has 0 radical (unpaired) electrons. The summed E-state index contributed by atoms with van der Waals surface area (Å²) in [6, 6.07) is -0.628. The number of urea groups is 1. The van der Waals surface area contributed by atoms with E-state index in [0.29, 0.717) is 5.92 Å². The van der Waals surface area contributed by atoms with Crippen LogP contribution in [-0.4, -0.2) is 11.7 Å². The molecule has 2 amide bonds. The van der Waals surface area contributed by atoms with E-state index < -0.39 is 6.03 Å². The predicted molar refractivity (Wildman–Crippen MR) is 54.4 cm³/mol. The summed E-state index contributed by atoms with van der Waals surface area (Å²) < 4.78 is 0. The Labute approximate surface area is 78.9 Å². The Hall–Kier alpha value is -1.32. The topological polar surface area (TPSA) is 67.5 Å². The predicted octanol–water partition coefficient (Wildman–Crippen LogP) is 1.63. The Balaban J connectivity index is 4.08. The summed E-state index contributed by atoms with van der Waals surface area (Å²) in [4.78, 5) is 10.4. The Morgan fingerprint density at radius 3 is 2.77 bits per heavy atom. The van der Waals surface area contributed by atoms with Gasteiger partial charge >= 0.3 is 6.03 Å². The smallest absolute Gasteiger partial charge is 0.332 e. The summed E-state index contributed by atoms with van der Waals surface area (Å²) in [7, 11) is 0. The molecule has 13 heavy (non-hydrogen) atoms. The van der Waals surface area contributed by atoms with E-state index in [-0.39, 0.29) is 0 Å². The van der Waals surface area contributed by atoms with Crippen molar-refractivity contribution in [3.8, 4) is 0 Å². The van der Waals surface area contributed by atoms with E-state index in [1.807, 2.05) is 19.9 Å². The first kappa shape index (κ1) is 11.7. The lowest BCUT2D eigenvalue weighted by molar-refractivity contribution is 0.249. The summed E-state index contributed by atoms with van der Waals surface area (Å²) in [6.07, 6.45) is 3.47. The van der Waals surface area contributed by atoms with Gasteiger partial charge in [0.25, 0.3) is 0 Å². The van der Waals surface area contributed by atoms with Gasteiger partial charge in [0.1, 0.15) is 0 Å². The normalized spacial score (nSPS) is 13.5. The van der Waals surface area contributed by atoms with Crippen molar-refractivity contribution < 1.29 is 4.79 Å². The van der Waals surface area contributed by atoms with E-state index in [9.17, 15) is 4.79 Å². The third-order valence-corrected chi connectivity index (χ3v) is 1.69. The monoisotopic (exact) mass is 183 g/mol. The molecule has 0 heterocycles. The number of hydrogen-bond acceptors (Lipinski definition) is 2. The number of hydrazone groups is 1. The third-order valence-electron chi connectivity index (χ3n) is 1.69. The lowest BCUT2D eigenvalue weighted by Crippen LogP contribution is -2.26. The molecule has 0 aromatic rings. The summed E-state index contributed by atoms with van der Waals surface area (Å²) in [5.74, 6) is 0.369. The van der Waals surface area contributed by atoms with Gasteiger partial charge in [0.05, 0.1) is 0 Å². The van der Waals surface area contributed by atoms with Gasteiger partial charge in [0.2, 0.25) is 0 Å². The second-order valence-electron chi connectivity index (χ2n) is 2.92. The number of primary amides is 1. The maximum absolute atomic E-state index is 10.4. The average molecular weight is 183 g/mol. The van der Waals surface area contributed by atoms with E-state index in [1.54, 1.807) is 0 Å². The molecule has 0 bridgehead atoms. The van der Waals surface area contributed by atoms with Gasteiger partial charge in [0.15, 0.2) is 0 Å². The van der Waals surface area contributed by atoms with Crippen molar-refractivity contribution in [2.24, 2.45) is 16.8 Å². The zero-order valence-electron chi connectivity index (χ0n) is 8.21. The third kappa shape index (κ3) is 5.90. The van der Waals surface area contributed by atoms with Crippen LogP contribution in [0.25, 0.3) is 0 Å². The van der Waals surface area contributed by atoms with Crippen molar-refractivity contribution in [2.45, 2.75) is 26.7 Å². The molecule has 0 aromatic carbocycles. The number of nitrogens with zero attached hydrogens (tertiary/aromatic N) is 1. The molecule has 0 rings (SSSR count). The molecule has 0 fully saturated rings. The summed E-state index contributed by atoms with van der Waals surface area (Å²) in [5, 5.41) is 3.87. The lowest BCUT2D eigenvalue weighted by atomic mass is 10.0. The van der Waals surface area contributed by atoms with Gasteiger partial charge < -0.3 is 5.73 Å². The maximum Gasteiger partial charge on any atom is 0.332 e. The van der Waals surface area contributed by atoms with Crippen LogP contribution in [0.2, 0.25) is 0 Å². The maximum atomic E-state index is 10.4. The van der Waals surface area contributed by atoms with Crippen LogP contribution in [0.1, 0.15) is 26.7 Å². The Morgan fingerprint density at radius 1 is 1.77 bits per heavy atom. The molecule has 0 aliphatic carbocycles. The van der Waals surface area contributed by atoms with Crippen molar-refractivity contribution in [1.82, 2.24) is 5.43 Å². The second kappa shape index (κ2) is 6.22. The minimum Gasteiger partial charge on any atom is -0.350 e. The van der Waals surface area contributed by atoms with Crippen LogP contribution in [0.4, 0.5) is 4.79 Å². The van der Waals surface area contributed by atoms with Gasteiger partial charge in [-0.05, 0) is 18.8 Å². The lowest BCUT2D eigenvalue weighted by Gasteiger charge is -2.06. The Morgan fingerprint density at radius 2 is 2.38 bits per heavy atom. The van der Waals surface area contributed by atoms with Gasteiger partial charge in [-0.25, -0.2) is 10.2 Å². The average Bonchev–Trinajstić information content (AvgIpc) is 2.11. The standard InChI is InChI=1S/C9H17N3O/c1-4-7(3)6-8(5-2)11-12-9(10)13/h4,7H,1,5-6H2,2-3H3,(H3,10,12,13)/b11-8+. The number of nitrogens with one attached hydrogen (secondary N) is 1. The number of nitrogens with two attached hydrogens (primary N) is 1. The molecule has 0 saturated carbocycles. The molecule has 0 aromatic heterocycles. The van der Waals surface area contributed by atoms with Gasteiger partial charge in [-0.1, -0.05) is 19.9 Å². The molecule has 0 aliphatic heterocycles. The molecule has 0 saturated heterocycles. The number of rotatable bonds is 5. The number of allylic oxidation sites excluding steroid dienone is 1. The number of amides is 2. The van der Waals surface area contributed by atoms with E-state index in [2.05, 4.69) is 17.1 Å². The van der Waals surface area contributed by atoms with Crippen LogP contribution < -0.4 is 11.2 Å². The molecule has 1 unspecified atom stereocenters. The van der Waals surface area contributed by atoms with Crippen molar-refractivity contribution >= 4 is 11.7 Å². The van der Waals surface area contributed by atoms with Gasteiger partial charge in [0, 0.05) is 5.71 Å². The van der Waals surface area contributed by atoms with Crippen LogP contribution >= 0.6 is 0 Å². The molecule has 74 valence electrons. The SMILES string of the molecule is C=CC(C)C/C(CC)=N/NC(N)=O. The molecular formula is C9H17N3O. The van der Waals surface area contributed by atoms with E-state index in [0.717, 1.165) is 18.6 Å². The molecule has 1 atom stereocenters. The van der Waals surface area contributed by atoms with Crippen LogP contribution in [0.5, 0.6) is 0 Å². The van der Waals surface area contributed by atoms with Crippen molar-refractivity contribution in [1.29, 1.82) is 0 Å². The fourth-order valence-corrected chi connectivity index (χ4v) is 0.858. The highest BCUT2D eigenvalue weighted by molar-refractivity contribution is 5.85. The number of carbonyl (C=O) groups excluding carboxylic acids is 1. The first-order valence-electron chi connectivity index (χ1n) is 4.33. The van der Waals surface area contributed by atoms with E-state index in [4.69, 9.17) is 5.73 Å². The highest BCUT2D eigenvalue weighted by atomic mass is 16.2. The fraction of sp³-hybridized carbons (Fsp3) is 0.556. The minimum atomic E-state index is -0.628. The van der Waals surface area contributed by atoms with Gasteiger partial charge in [-0.2, -0.15) is 5.10 Å². The Kier molecular flexibility index (Phi) is 5.59. The first-order valence-corrected chi connectivity index (χ1v) is 4.33. The zero-order valence-corrected chi connectivity index (χ0v) is 8.21. The zero-order chi connectivity index (χ0) is 10.3. The summed E-state index contributed by atoms with van der Waals surface area (Å²) in [5.41, 5.74) is 8.02. The largest absolute Gasteiger partial charge is 0.350 e. The molecular weight excluding hydrogens is 166 g/mol. The van der Waals surface area contributed by atoms with Crippen LogP contribution in [0.15, 0.2) is 17.8 Å². The van der Waals surface area contributed by atoms with Crippen molar-refractivity contribution in [3.05, 3.63) is 12.7 Å². The van der Waals surface area contributed by atoms with E-state index >= 15 is 0 Å². The number of hydrogen-bond donors (Lipinski definition) is 2. The molecule has 0 spiro atoms. The van der Waals surface area contributed by atoms with Crippen molar-refractivity contribution in [3.63, 3.8) is 0 Å². The van der Waals surface area contributed by atoms with E-state index in [1.165, 1.54) is 0 Å². The Bertz CT molecular complexity index is 211. The highest BCUT2D eigenvalue weighted by Gasteiger charge is 2.02. The highest BCUT2D eigenvalue weighted by Crippen LogP contribution is 2.05. The van der Waals surface area contributed by atoms with Gasteiger partial charge in [-0.3, -0.25) is 0 Å². The quantitative estimate of drug-likeness (QED) is 0.379. The van der Waals surface area contributed by atoms with Crippen LogP contribution in [0, 0.1) is 5.92 Å². The molecule has 4 nitrogen and oxygen atoms in total.